The van der Waals surface area contributed by atoms with Crippen LogP contribution in [0, 0.1) is 23.2 Å². The molecular formula is C5H3N2O. The maximum absolute atomic E-state index is 9.38. The summed E-state index contributed by atoms with van der Waals surface area (Å²) in [4.78, 5) is 9.38. The van der Waals surface area contributed by atoms with Crippen molar-refractivity contribution in [3.8, 4) is 17.9 Å². The Balaban J connectivity index is 3.18. The average Bonchev–Trinajstić information content (AvgIpc) is 1.81. The molecule has 0 aromatic carbocycles. The van der Waals surface area contributed by atoms with Gasteiger partial charge >= 0.3 is 6.41 Å². The van der Waals surface area contributed by atoms with Gasteiger partial charge in [0.25, 0.3) is 0 Å². The van der Waals surface area contributed by atoms with Crippen LogP contribution in [0.15, 0.2) is 0 Å². The van der Waals surface area contributed by atoms with E-state index < -0.39 is 0 Å². The molecule has 0 atom stereocenters. The third-order valence-electron chi connectivity index (χ3n) is 0.393. The molecule has 8 heavy (non-hydrogen) atoms. The fraction of sp³-hybridized carbons (Fsp3) is 0.200. The van der Waals surface area contributed by atoms with E-state index >= 15 is 0 Å². The smallest absolute Gasteiger partial charge is 0.310 e. The zero-order valence-corrected chi connectivity index (χ0v) is 4.06. The molecule has 0 bridgehead atoms. The molecule has 0 saturated heterocycles. The minimum absolute atomic E-state index is 0.192. The fourth-order valence-electron chi connectivity index (χ4n) is 0.164. The van der Waals surface area contributed by atoms with Gasteiger partial charge in [0.2, 0.25) is 0 Å². The van der Waals surface area contributed by atoms with Crippen LogP contribution in [-0.2, 0) is 4.79 Å². The number of amides is 1. The SMILES string of the molecule is N#CC#CCN[C]=O. The van der Waals surface area contributed by atoms with E-state index in [9.17, 15) is 4.79 Å². The first-order chi connectivity index (χ1) is 3.91. The van der Waals surface area contributed by atoms with Crippen molar-refractivity contribution in [3.05, 3.63) is 0 Å². The second-order valence-electron chi connectivity index (χ2n) is 0.869. The predicted molar refractivity (Wildman–Crippen MR) is 27.1 cm³/mol. The number of carbonyl (C=O) groups excluding carboxylic acids is 1. The van der Waals surface area contributed by atoms with Crippen LogP contribution in [-0.4, -0.2) is 13.0 Å². The van der Waals surface area contributed by atoms with Gasteiger partial charge in [0.15, 0.2) is 6.07 Å². The maximum atomic E-state index is 9.38. The Hall–Kier alpha value is -1.48. The Morgan fingerprint density at radius 3 is 2.88 bits per heavy atom. The van der Waals surface area contributed by atoms with Crippen LogP contribution in [0.5, 0.6) is 0 Å². The zero-order chi connectivity index (χ0) is 6.24. The monoisotopic (exact) mass is 107 g/mol. The predicted octanol–water partition coefficient (Wildman–Crippen LogP) is -0.830. The van der Waals surface area contributed by atoms with Gasteiger partial charge in [-0.1, -0.05) is 5.92 Å². The van der Waals surface area contributed by atoms with Crippen molar-refractivity contribution in [1.29, 1.82) is 5.26 Å². The summed E-state index contributed by atoms with van der Waals surface area (Å²) in [6, 6.07) is 1.60. The van der Waals surface area contributed by atoms with Crippen LogP contribution < -0.4 is 5.32 Å². The molecule has 0 aliphatic rings. The molecule has 1 radical (unpaired) electrons. The molecule has 0 rings (SSSR count). The highest BCUT2D eigenvalue weighted by atomic mass is 16.1. The van der Waals surface area contributed by atoms with Crippen molar-refractivity contribution in [3.63, 3.8) is 0 Å². The average molecular weight is 107 g/mol. The molecule has 0 aromatic heterocycles. The van der Waals surface area contributed by atoms with Crippen LogP contribution >= 0.6 is 0 Å². The Labute approximate surface area is 47.3 Å². The van der Waals surface area contributed by atoms with Gasteiger partial charge in [0.1, 0.15) is 0 Å². The van der Waals surface area contributed by atoms with Gasteiger partial charge in [-0.15, -0.1) is 0 Å². The molecule has 3 nitrogen and oxygen atoms in total. The first-order valence-electron chi connectivity index (χ1n) is 1.88. The molecule has 1 N–H and O–H groups in total. The summed E-state index contributed by atoms with van der Waals surface area (Å²) in [5, 5.41) is 9.97. The van der Waals surface area contributed by atoms with E-state index in [1.807, 2.05) is 0 Å². The molecule has 1 amide bonds. The van der Waals surface area contributed by atoms with Crippen molar-refractivity contribution >= 4 is 6.41 Å². The third kappa shape index (κ3) is 4.52. The molecule has 0 saturated carbocycles. The van der Waals surface area contributed by atoms with Crippen LogP contribution in [0.25, 0.3) is 0 Å². The van der Waals surface area contributed by atoms with Crippen molar-refractivity contribution in [2.75, 3.05) is 6.54 Å². The lowest BCUT2D eigenvalue weighted by molar-refractivity contribution is 0.546. The van der Waals surface area contributed by atoms with Crippen LogP contribution in [0.1, 0.15) is 0 Å². The number of nitrogens with zero attached hydrogens (tertiary/aromatic N) is 1. The number of hydrogen-bond donors (Lipinski definition) is 1. The van der Waals surface area contributed by atoms with Crippen molar-refractivity contribution in [2.45, 2.75) is 0 Å². The zero-order valence-electron chi connectivity index (χ0n) is 4.06. The molecule has 39 valence electrons. The van der Waals surface area contributed by atoms with E-state index in [-0.39, 0.29) is 6.54 Å². The van der Waals surface area contributed by atoms with Crippen LogP contribution in [0.4, 0.5) is 0 Å². The number of hydrogen-bond acceptors (Lipinski definition) is 2. The highest BCUT2D eigenvalue weighted by Crippen LogP contribution is 1.48. The van der Waals surface area contributed by atoms with E-state index in [2.05, 4.69) is 17.2 Å². The van der Waals surface area contributed by atoms with E-state index in [1.54, 1.807) is 6.07 Å². The first kappa shape index (κ1) is 6.52. The van der Waals surface area contributed by atoms with Gasteiger partial charge in [-0.2, -0.15) is 5.26 Å². The third-order valence-corrected chi connectivity index (χ3v) is 0.393. The largest absolute Gasteiger partial charge is 0.337 e. The minimum atomic E-state index is 0.192. The number of rotatable bonds is 2. The highest BCUT2D eigenvalue weighted by molar-refractivity contribution is 5.47. The first-order valence-corrected chi connectivity index (χ1v) is 1.88. The summed E-state index contributed by atoms with van der Waals surface area (Å²) in [5.41, 5.74) is 0. The summed E-state index contributed by atoms with van der Waals surface area (Å²) in [6.07, 6.45) is 1.41. The van der Waals surface area contributed by atoms with E-state index in [0.717, 1.165) is 0 Å². The Morgan fingerprint density at radius 1 is 1.62 bits per heavy atom. The van der Waals surface area contributed by atoms with E-state index in [0.29, 0.717) is 0 Å². The molecular weight excluding hydrogens is 104 g/mol. The Kier molecular flexibility index (Phi) is 4.50. The summed E-state index contributed by atoms with van der Waals surface area (Å²) >= 11 is 0. The number of nitriles is 1. The summed E-state index contributed by atoms with van der Waals surface area (Å²) < 4.78 is 0. The van der Waals surface area contributed by atoms with Crippen LogP contribution in [0.2, 0.25) is 0 Å². The lowest BCUT2D eigenvalue weighted by atomic mass is 10.6. The van der Waals surface area contributed by atoms with Gasteiger partial charge in [0, 0.05) is 5.92 Å². The fourth-order valence-corrected chi connectivity index (χ4v) is 0.164. The highest BCUT2D eigenvalue weighted by Gasteiger charge is 1.69. The van der Waals surface area contributed by atoms with Gasteiger partial charge < -0.3 is 5.32 Å². The van der Waals surface area contributed by atoms with Crippen molar-refractivity contribution < 1.29 is 4.79 Å². The summed E-state index contributed by atoms with van der Waals surface area (Å²) in [5.74, 6) is 4.45. The molecule has 0 aromatic rings. The summed E-state index contributed by atoms with van der Waals surface area (Å²) in [6.45, 7) is 0.192. The van der Waals surface area contributed by atoms with Gasteiger partial charge in [-0.25, -0.2) is 0 Å². The van der Waals surface area contributed by atoms with Crippen LogP contribution in [0.3, 0.4) is 0 Å². The lowest BCUT2D eigenvalue weighted by Gasteiger charge is -1.77. The molecule has 3 heteroatoms. The molecule has 0 unspecified atom stereocenters. The Bertz CT molecular complexity index is 157. The number of nitrogens with one attached hydrogen (secondary N) is 1. The second kappa shape index (κ2) is 5.52. The van der Waals surface area contributed by atoms with Crippen molar-refractivity contribution in [1.82, 2.24) is 5.32 Å². The molecule has 0 aliphatic heterocycles. The second-order valence-corrected chi connectivity index (χ2v) is 0.869. The minimum Gasteiger partial charge on any atom is -0.337 e. The molecule has 0 fully saturated rings. The van der Waals surface area contributed by atoms with E-state index in [1.165, 1.54) is 6.41 Å². The lowest BCUT2D eigenvalue weighted by Crippen LogP contribution is -2.09. The normalized spacial score (nSPS) is 5.38. The molecule has 0 spiro atoms. The standard InChI is InChI=1S/C5H3N2O/c6-3-1-2-4-7-5-8/h4H2,(H,7,8). The maximum Gasteiger partial charge on any atom is 0.310 e. The Morgan fingerprint density at radius 2 is 2.38 bits per heavy atom. The topological polar surface area (TPSA) is 52.9 Å². The van der Waals surface area contributed by atoms with Crippen molar-refractivity contribution in [2.24, 2.45) is 0 Å². The van der Waals surface area contributed by atoms with Gasteiger partial charge in [-0.05, 0) is 0 Å². The van der Waals surface area contributed by atoms with Gasteiger partial charge in [-0.3, -0.25) is 4.79 Å². The molecule has 0 aliphatic carbocycles. The van der Waals surface area contributed by atoms with Gasteiger partial charge in [0.05, 0.1) is 6.54 Å². The summed E-state index contributed by atoms with van der Waals surface area (Å²) in [7, 11) is 0. The van der Waals surface area contributed by atoms with E-state index in [4.69, 9.17) is 5.26 Å². The quantitative estimate of drug-likeness (QED) is 0.284. The molecule has 0 heterocycles.